The van der Waals surface area contributed by atoms with E-state index in [-0.39, 0.29) is 11.6 Å². The molecule has 0 saturated carbocycles. The molecule has 0 radical (unpaired) electrons. The molecule has 3 rings (SSSR count). The molecular formula is C19H13Cl2N3O2. The van der Waals surface area contributed by atoms with Gasteiger partial charge in [-0.2, -0.15) is 0 Å². The van der Waals surface area contributed by atoms with Crippen LogP contribution in [0.15, 0.2) is 66.9 Å². The van der Waals surface area contributed by atoms with Gasteiger partial charge in [-0.3, -0.25) is 14.6 Å². The molecule has 0 aliphatic rings. The summed E-state index contributed by atoms with van der Waals surface area (Å²) in [4.78, 5) is 28.7. The van der Waals surface area contributed by atoms with E-state index in [2.05, 4.69) is 15.6 Å². The van der Waals surface area contributed by atoms with Crippen LogP contribution in [-0.4, -0.2) is 16.8 Å². The predicted octanol–water partition coefficient (Wildman–Crippen LogP) is 4.89. The van der Waals surface area contributed by atoms with Gasteiger partial charge in [0.05, 0.1) is 10.0 Å². The highest BCUT2D eigenvalue weighted by Gasteiger charge is 2.13. The van der Waals surface area contributed by atoms with E-state index in [0.717, 1.165) is 0 Å². The largest absolute Gasteiger partial charge is 0.322 e. The quantitative estimate of drug-likeness (QED) is 0.671. The molecule has 0 fully saturated rings. The summed E-state index contributed by atoms with van der Waals surface area (Å²) in [6.07, 6.45) is 1.41. The van der Waals surface area contributed by atoms with Gasteiger partial charge in [0.1, 0.15) is 5.69 Å². The summed E-state index contributed by atoms with van der Waals surface area (Å²) in [6.45, 7) is 0. The monoisotopic (exact) mass is 385 g/mol. The highest BCUT2D eigenvalue weighted by Crippen LogP contribution is 2.25. The summed E-state index contributed by atoms with van der Waals surface area (Å²) in [5.41, 5.74) is 1.57. The fourth-order valence-electron chi connectivity index (χ4n) is 2.19. The normalized spacial score (nSPS) is 10.2. The Bertz CT molecular complexity index is 962. The number of carbonyl (C=O) groups is 2. The number of hydrogen-bond donors (Lipinski definition) is 2. The number of para-hydroxylation sites is 1. The molecule has 0 aliphatic heterocycles. The zero-order valence-corrected chi connectivity index (χ0v) is 14.9. The van der Waals surface area contributed by atoms with E-state index < -0.39 is 5.91 Å². The van der Waals surface area contributed by atoms with Crippen LogP contribution in [0, 0.1) is 0 Å². The lowest BCUT2D eigenvalue weighted by Gasteiger charge is -2.08. The van der Waals surface area contributed by atoms with Gasteiger partial charge in [-0.15, -0.1) is 0 Å². The molecule has 0 spiro atoms. The van der Waals surface area contributed by atoms with Gasteiger partial charge in [0.15, 0.2) is 0 Å². The SMILES string of the molecule is O=C(Nc1ccccc1)c1ccnc(C(=O)Nc2ccc(Cl)c(Cl)c2)c1. The van der Waals surface area contributed by atoms with Crippen LogP contribution in [0.3, 0.4) is 0 Å². The predicted molar refractivity (Wildman–Crippen MR) is 103 cm³/mol. The minimum atomic E-state index is -0.460. The molecule has 0 atom stereocenters. The summed E-state index contributed by atoms with van der Waals surface area (Å²) in [7, 11) is 0. The van der Waals surface area contributed by atoms with Crippen LogP contribution in [0.25, 0.3) is 0 Å². The lowest BCUT2D eigenvalue weighted by molar-refractivity contribution is 0.102. The summed E-state index contributed by atoms with van der Waals surface area (Å²) in [5.74, 6) is -0.792. The number of carbonyl (C=O) groups excluding carboxylic acids is 2. The smallest absolute Gasteiger partial charge is 0.274 e. The van der Waals surface area contributed by atoms with Crippen LogP contribution in [0.5, 0.6) is 0 Å². The molecule has 2 aromatic carbocycles. The van der Waals surface area contributed by atoms with Crippen molar-refractivity contribution in [3.63, 3.8) is 0 Å². The number of halogens is 2. The second kappa shape index (κ2) is 7.99. The molecule has 26 heavy (non-hydrogen) atoms. The zero-order chi connectivity index (χ0) is 18.5. The minimum absolute atomic E-state index is 0.108. The van der Waals surface area contributed by atoms with Gasteiger partial charge in [0.25, 0.3) is 11.8 Å². The number of anilines is 2. The lowest BCUT2D eigenvalue weighted by Crippen LogP contribution is -2.17. The number of pyridine rings is 1. The molecule has 0 bridgehead atoms. The molecule has 1 heterocycles. The Balaban J connectivity index is 1.74. The molecule has 0 unspecified atom stereocenters. The van der Waals surface area contributed by atoms with Crippen molar-refractivity contribution in [3.05, 3.63) is 88.2 Å². The van der Waals surface area contributed by atoms with Crippen molar-refractivity contribution in [2.75, 3.05) is 10.6 Å². The van der Waals surface area contributed by atoms with E-state index in [9.17, 15) is 9.59 Å². The summed E-state index contributed by atoms with van der Waals surface area (Å²) < 4.78 is 0. The van der Waals surface area contributed by atoms with Gasteiger partial charge in [0, 0.05) is 23.1 Å². The molecule has 2 N–H and O–H groups in total. The van der Waals surface area contributed by atoms with Crippen LogP contribution in [0.1, 0.15) is 20.8 Å². The van der Waals surface area contributed by atoms with Crippen LogP contribution in [0.2, 0.25) is 10.0 Å². The Kier molecular flexibility index (Phi) is 5.51. The van der Waals surface area contributed by atoms with Crippen molar-refractivity contribution in [2.24, 2.45) is 0 Å². The Labute approximate surface area is 160 Å². The molecule has 130 valence electrons. The highest BCUT2D eigenvalue weighted by molar-refractivity contribution is 6.42. The third-order valence-electron chi connectivity index (χ3n) is 3.46. The molecule has 2 amide bonds. The number of rotatable bonds is 4. The first kappa shape index (κ1) is 17.9. The maximum absolute atomic E-state index is 12.4. The molecule has 1 aromatic heterocycles. The van der Waals surface area contributed by atoms with E-state index >= 15 is 0 Å². The molecule has 0 saturated heterocycles. The van der Waals surface area contributed by atoms with Crippen LogP contribution < -0.4 is 10.6 Å². The second-order valence-electron chi connectivity index (χ2n) is 5.33. The summed E-state index contributed by atoms with van der Waals surface area (Å²) >= 11 is 11.8. The van der Waals surface area contributed by atoms with Crippen molar-refractivity contribution < 1.29 is 9.59 Å². The molecule has 5 nitrogen and oxygen atoms in total. The van der Waals surface area contributed by atoms with Crippen LogP contribution in [-0.2, 0) is 0 Å². The average molecular weight is 386 g/mol. The van der Waals surface area contributed by atoms with Crippen molar-refractivity contribution in [1.29, 1.82) is 0 Å². The van der Waals surface area contributed by atoms with Gasteiger partial charge in [-0.25, -0.2) is 0 Å². The van der Waals surface area contributed by atoms with Gasteiger partial charge in [-0.1, -0.05) is 41.4 Å². The number of amides is 2. The van der Waals surface area contributed by atoms with E-state index in [1.165, 1.54) is 24.4 Å². The average Bonchev–Trinajstić information content (AvgIpc) is 2.65. The van der Waals surface area contributed by atoms with E-state index in [1.54, 1.807) is 24.3 Å². The number of aromatic nitrogens is 1. The third kappa shape index (κ3) is 4.39. The highest BCUT2D eigenvalue weighted by atomic mass is 35.5. The number of benzene rings is 2. The van der Waals surface area contributed by atoms with Crippen molar-refractivity contribution in [1.82, 2.24) is 4.98 Å². The lowest BCUT2D eigenvalue weighted by atomic mass is 10.2. The minimum Gasteiger partial charge on any atom is -0.322 e. The summed E-state index contributed by atoms with van der Waals surface area (Å²) in [5, 5.41) is 6.14. The molecular weight excluding hydrogens is 373 g/mol. The van der Waals surface area contributed by atoms with E-state index in [0.29, 0.717) is 27.0 Å². The van der Waals surface area contributed by atoms with E-state index in [4.69, 9.17) is 23.2 Å². The first-order valence-corrected chi connectivity index (χ1v) is 8.37. The fraction of sp³-hybridized carbons (Fsp3) is 0. The Hall–Kier alpha value is -2.89. The molecule has 0 aliphatic carbocycles. The Morgan fingerprint density at radius 1 is 0.769 bits per heavy atom. The first-order valence-electron chi connectivity index (χ1n) is 7.62. The van der Waals surface area contributed by atoms with Gasteiger partial charge >= 0.3 is 0 Å². The van der Waals surface area contributed by atoms with Crippen molar-refractivity contribution in [3.8, 4) is 0 Å². The molecule has 3 aromatic rings. The van der Waals surface area contributed by atoms with Crippen molar-refractivity contribution in [2.45, 2.75) is 0 Å². The third-order valence-corrected chi connectivity index (χ3v) is 4.20. The Morgan fingerprint density at radius 3 is 2.23 bits per heavy atom. The maximum atomic E-state index is 12.4. The van der Waals surface area contributed by atoms with Crippen LogP contribution >= 0.6 is 23.2 Å². The van der Waals surface area contributed by atoms with Crippen molar-refractivity contribution >= 4 is 46.4 Å². The maximum Gasteiger partial charge on any atom is 0.274 e. The van der Waals surface area contributed by atoms with E-state index in [1.807, 2.05) is 18.2 Å². The van der Waals surface area contributed by atoms with Crippen LogP contribution in [0.4, 0.5) is 11.4 Å². The summed E-state index contributed by atoms with van der Waals surface area (Å²) in [6, 6.07) is 16.7. The number of nitrogens with zero attached hydrogens (tertiary/aromatic N) is 1. The zero-order valence-electron chi connectivity index (χ0n) is 13.4. The topological polar surface area (TPSA) is 71.1 Å². The number of hydrogen-bond acceptors (Lipinski definition) is 3. The van der Waals surface area contributed by atoms with Gasteiger partial charge < -0.3 is 10.6 Å². The Morgan fingerprint density at radius 2 is 1.50 bits per heavy atom. The standard InChI is InChI=1S/C19H13Cl2N3O2/c20-15-7-6-14(11-16(15)21)24-19(26)17-10-12(8-9-22-17)18(25)23-13-4-2-1-3-5-13/h1-11H,(H,23,25)(H,24,26). The number of nitrogens with one attached hydrogen (secondary N) is 2. The van der Waals surface area contributed by atoms with Gasteiger partial charge in [0.2, 0.25) is 0 Å². The second-order valence-corrected chi connectivity index (χ2v) is 6.15. The van der Waals surface area contributed by atoms with Gasteiger partial charge in [-0.05, 0) is 42.5 Å². The first-order chi connectivity index (χ1) is 12.5. The fourth-order valence-corrected chi connectivity index (χ4v) is 2.49. The molecule has 7 heteroatoms.